The fourth-order valence-corrected chi connectivity index (χ4v) is 2.23. The normalized spacial score (nSPS) is 12.7. The Bertz CT molecular complexity index is 345. The summed E-state index contributed by atoms with van der Waals surface area (Å²) in [6, 6.07) is 9.04. The van der Waals surface area contributed by atoms with Crippen molar-refractivity contribution in [3.63, 3.8) is 0 Å². The predicted molar refractivity (Wildman–Crippen MR) is 87.6 cm³/mol. The van der Waals surface area contributed by atoms with Gasteiger partial charge in [-0.3, -0.25) is 0 Å². The second-order valence-electron chi connectivity index (χ2n) is 5.92. The Hall–Kier alpha value is -1.02. The van der Waals surface area contributed by atoms with E-state index in [9.17, 15) is 0 Å². The minimum Gasteiger partial charge on any atom is -0.492 e. The molecule has 0 amide bonds. The van der Waals surface area contributed by atoms with Gasteiger partial charge >= 0.3 is 0 Å². The maximum Gasteiger partial charge on any atom is 0.119 e. The summed E-state index contributed by atoms with van der Waals surface area (Å²) in [6.45, 7) is 10.6. The Morgan fingerprint density at radius 3 is 2.35 bits per heavy atom. The molecule has 1 atom stereocenters. The first-order valence-corrected chi connectivity index (χ1v) is 8.09. The van der Waals surface area contributed by atoms with E-state index >= 15 is 0 Å². The topological polar surface area (TPSA) is 21.3 Å². The molecule has 0 aliphatic heterocycles. The third-order valence-corrected chi connectivity index (χ3v) is 3.65. The number of hydrogen-bond donors (Lipinski definition) is 1. The molecule has 0 aliphatic rings. The summed E-state index contributed by atoms with van der Waals surface area (Å²) in [5, 5.41) is 3.52. The fourth-order valence-electron chi connectivity index (χ4n) is 2.23. The fraction of sp³-hybridized carbons (Fsp3) is 0.667. The zero-order valence-electron chi connectivity index (χ0n) is 13.6. The molecule has 1 aromatic rings. The number of nitrogens with one attached hydrogen (secondary N) is 1. The van der Waals surface area contributed by atoms with Gasteiger partial charge < -0.3 is 10.1 Å². The van der Waals surface area contributed by atoms with Crippen molar-refractivity contribution < 1.29 is 4.74 Å². The van der Waals surface area contributed by atoms with E-state index in [2.05, 4.69) is 57.3 Å². The molecule has 0 saturated carbocycles. The van der Waals surface area contributed by atoms with Gasteiger partial charge in [-0.15, -0.1) is 0 Å². The first-order chi connectivity index (χ1) is 9.63. The summed E-state index contributed by atoms with van der Waals surface area (Å²) >= 11 is 0. The smallest absolute Gasteiger partial charge is 0.119 e. The number of rotatable bonds is 10. The summed E-state index contributed by atoms with van der Waals surface area (Å²) in [5.74, 6) is 1.55. The van der Waals surface area contributed by atoms with Crippen molar-refractivity contribution in [1.29, 1.82) is 0 Å². The van der Waals surface area contributed by atoms with Crippen molar-refractivity contribution in [2.24, 2.45) is 0 Å². The van der Waals surface area contributed by atoms with Crippen LogP contribution in [0.3, 0.4) is 0 Å². The molecule has 0 heterocycles. The van der Waals surface area contributed by atoms with Crippen LogP contribution in [0, 0.1) is 0 Å². The molecule has 0 aliphatic carbocycles. The van der Waals surface area contributed by atoms with Gasteiger partial charge in [0.15, 0.2) is 0 Å². The van der Waals surface area contributed by atoms with Crippen molar-refractivity contribution >= 4 is 0 Å². The molecule has 1 unspecified atom stereocenters. The minimum atomic E-state index is 0.578. The molecule has 1 rings (SSSR count). The molecule has 0 fully saturated rings. The van der Waals surface area contributed by atoms with Crippen molar-refractivity contribution in [3.8, 4) is 5.75 Å². The summed E-state index contributed by atoms with van der Waals surface area (Å²) in [4.78, 5) is 0. The molecule has 0 spiro atoms. The van der Waals surface area contributed by atoms with Gasteiger partial charge in [0, 0.05) is 12.6 Å². The number of unbranched alkanes of at least 4 members (excludes halogenated alkanes) is 2. The highest BCUT2D eigenvalue weighted by molar-refractivity contribution is 5.28. The van der Waals surface area contributed by atoms with E-state index in [4.69, 9.17) is 4.74 Å². The molecule has 0 aromatic heterocycles. The Kier molecular flexibility index (Phi) is 8.36. The Labute approximate surface area is 124 Å². The van der Waals surface area contributed by atoms with E-state index in [0.717, 1.165) is 18.9 Å². The lowest BCUT2D eigenvalue weighted by Gasteiger charge is -2.14. The summed E-state index contributed by atoms with van der Waals surface area (Å²) in [7, 11) is 0. The minimum absolute atomic E-state index is 0.578. The average molecular weight is 277 g/mol. The third kappa shape index (κ3) is 6.95. The maximum absolute atomic E-state index is 5.75. The number of hydrogen-bond acceptors (Lipinski definition) is 2. The standard InChI is InChI=1S/C18H31NO/c1-5-6-7-8-16(4)19-13-14-20-18-11-9-17(10-12-18)15(2)3/h9-12,15-16,19H,5-8,13-14H2,1-4H3. The van der Waals surface area contributed by atoms with Crippen molar-refractivity contribution in [2.45, 2.75) is 65.3 Å². The van der Waals surface area contributed by atoms with Crippen LogP contribution < -0.4 is 10.1 Å². The highest BCUT2D eigenvalue weighted by Gasteiger charge is 2.01. The first-order valence-electron chi connectivity index (χ1n) is 8.09. The van der Waals surface area contributed by atoms with Crippen molar-refractivity contribution in [1.82, 2.24) is 5.32 Å². The Morgan fingerprint density at radius 2 is 1.75 bits per heavy atom. The van der Waals surface area contributed by atoms with E-state index in [1.54, 1.807) is 0 Å². The Balaban J connectivity index is 2.14. The largest absolute Gasteiger partial charge is 0.492 e. The van der Waals surface area contributed by atoms with Crippen LogP contribution in [-0.4, -0.2) is 19.2 Å². The van der Waals surface area contributed by atoms with Crippen LogP contribution in [0.15, 0.2) is 24.3 Å². The molecular weight excluding hydrogens is 246 g/mol. The van der Waals surface area contributed by atoms with Crippen LogP contribution in [0.4, 0.5) is 0 Å². The molecule has 1 N–H and O–H groups in total. The third-order valence-electron chi connectivity index (χ3n) is 3.65. The monoisotopic (exact) mass is 277 g/mol. The molecule has 1 aromatic carbocycles. The molecule has 2 nitrogen and oxygen atoms in total. The SMILES string of the molecule is CCCCCC(C)NCCOc1ccc(C(C)C)cc1. The van der Waals surface area contributed by atoms with Crippen LogP contribution in [-0.2, 0) is 0 Å². The summed E-state index contributed by atoms with van der Waals surface area (Å²) in [6.07, 6.45) is 5.21. The molecule has 0 bridgehead atoms. The van der Waals surface area contributed by atoms with Gasteiger partial charge in [0.1, 0.15) is 12.4 Å². The van der Waals surface area contributed by atoms with Gasteiger partial charge in [-0.05, 0) is 37.0 Å². The highest BCUT2D eigenvalue weighted by atomic mass is 16.5. The zero-order valence-corrected chi connectivity index (χ0v) is 13.6. The quantitative estimate of drug-likeness (QED) is 0.623. The summed E-state index contributed by atoms with van der Waals surface area (Å²) < 4.78 is 5.75. The zero-order chi connectivity index (χ0) is 14.8. The first kappa shape index (κ1) is 17.0. The number of ether oxygens (including phenoxy) is 1. The lowest BCUT2D eigenvalue weighted by atomic mass is 10.0. The van der Waals surface area contributed by atoms with Crippen LogP contribution in [0.25, 0.3) is 0 Å². The van der Waals surface area contributed by atoms with E-state index in [0.29, 0.717) is 12.0 Å². The van der Waals surface area contributed by atoms with Crippen molar-refractivity contribution in [3.05, 3.63) is 29.8 Å². The van der Waals surface area contributed by atoms with Gasteiger partial charge in [-0.25, -0.2) is 0 Å². The molecule has 0 saturated heterocycles. The Morgan fingerprint density at radius 1 is 1.05 bits per heavy atom. The van der Waals surface area contributed by atoms with Gasteiger partial charge in [-0.2, -0.15) is 0 Å². The molecule has 0 radical (unpaired) electrons. The van der Waals surface area contributed by atoms with Crippen LogP contribution in [0.5, 0.6) is 5.75 Å². The average Bonchev–Trinajstić information content (AvgIpc) is 2.44. The van der Waals surface area contributed by atoms with E-state index in [1.807, 2.05) is 0 Å². The van der Waals surface area contributed by atoms with E-state index < -0.39 is 0 Å². The second-order valence-corrected chi connectivity index (χ2v) is 5.92. The van der Waals surface area contributed by atoms with Crippen LogP contribution in [0.1, 0.15) is 64.9 Å². The van der Waals surface area contributed by atoms with Gasteiger partial charge in [0.25, 0.3) is 0 Å². The second kappa shape index (κ2) is 9.82. The summed E-state index contributed by atoms with van der Waals surface area (Å²) in [5.41, 5.74) is 1.36. The molecule has 114 valence electrons. The van der Waals surface area contributed by atoms with E-state index in [-0.39, 0.29) is 0 Å². The lowest BCUT2D eigenvalue weighted by molar-refractivity contribution is 0.304. The molecule has 2 heteroatoms. The van der Waals surface area contributed by atoms with Gasteiger partial charge in [0.05, 0.1) is 0 Å². The van der Waals surface area contributed by atoms with Crippen LogP contribution in [0.2, 0.25) is 0 Å². The molecular formula is C18H31NO. The van der Waals surface area contributed by atoms with Crippen molar-refractivity contribution in [2.75, 3.05) is 13.2 Å². The van der Waals surface area contributed by atoms with Crippen LogP contribution >= 0.6 is 0 Å². The maximum atomic E-state index is 5.75. The highest BCUT2D eigenvalue weighted by Crippen LogP contribution is 2.18. The van der Waals surface area contributed by atoms with Gasteiger partial charge in [-0.1, -0.05) is 52.2 Å². The van der Waals surface area contributed by atoms with Gasteiger partial charge in [0.2, 0.25) is 0 Å². The van der Waals surface area contributed by atoms with E-state index in [1.165, 1.54) is 31.2 Å². The molecule has 20 heavy (non-hydrogen) atoms. The predicted octanol–water partition coefficient (Wildman–Crippen LogP) is 4.75. The number of benzene rings is 1. The lowest BCUT2D eigenvalue weighted by Crippen LogP contribution is -2.30.